The highest BCUT2D eigenvalue weighted by Gasteiger charge is 2.27. The topological polar surface area (TPSA) is 77.5 Å². The van der Waals surface area contributed by atoms with Gasteiger partial charge in [-0.2, -0.15) is 0 Å². The van der Waals surface area contributed by atoms with Crippen molar-refractivity contribution < 1.29 is 28.5 Å². The summed E-state index contributed by atoms with van der Waals surface area (Å²) in [5.74, 6) is 1.03. The summed E-state index contributed by atoms with van der Waals surface area (Å²) in [5, 5.41) is 2.00. The monoisotopic (exact) mass is 536 g/mol. The average molecular weight is 537 g/mol. The molecule has 3 aromatic rings. The van der Waals surface area contributed by atoms with Crippen LogP contribution in [0.1, 0.15) is 28.8 Å². The van der Waals surface area contributed by atoms with Gasteiger partial charge >= 0.3 is 0 Å². The van der Waals surface area contributed by atoms with Gasteiger partial charge < -0.3 is 28.7 Å². The van der Waals surface area contributed by atoms with E-state index in [1.807, 2.05) is 66.0 Å². The van der Waals surface area contributed by atoms with Crippen molar-refractivity contribution in [2.45, 2.75) is 38.6 Å². The van der Waals surface area contributed by atoms with Crippen LogP contribution in [0.3, 0.4) is 0 Å². The minimum Gasteiger partial charge on any atom is -0.454 e. The van der Waals surface area contributed by atoms with Gasteiger partial charge in [-0.25, -0.2) is 0 Å². The molecule has 0 radical (unpaired) electrons. The number of hydrogen-bond acceptors (Lipinski definition) is 7. The molecule has 0 spiro atoms. The second kappa shape index (κ2) is 12.9. The van der Waals surface area contributed by atoms with Crippen LogP contribution in [0.5, 0.6) is 11.5 Å². The van der Waals surface area contributed by atoms with Gasteiger partial charge in [0.1, 0.15) is 6.61 Å². The van der Waals surface area contributed by atoms with E-state index in [0.717, 1.165) is 28.8 Å². The Bertz CT molecular complexity index is 1200. The van der Waals surface area contributed by atoms with Crippen molar-refractivity contribution >= 4 is 23.2 Å². The molecule has 9 heteroatoms. The molecule has 38 heavy (non-hydrogen) atoms. The second-order valence-corrected chi connectivity index (χ2v) is 10.4. The number of fused-ring (bicyclic) bond motifs is 1. The fourth-order valence-corrected chi connectivity index (χ4v) is 5.28. The van der Waals surface area contributed by atoms with Crippen LogP contribution < -0.4 is 9.47 Å². The van der Waals surface area contributed by atoms with Gasteiger partial charge in [-0.15, -0.1) is 11.3 Å². The lowest BCUT2D eigenvalue weighted by atomic mass is 10.1. The van der Waals surface area contributed by atoms with E-state index in [-0.39, 0.29) is 37.9 Å². The maximum Gasteiger partial charge on any atom is 0.249 e. The zero-order valence-electron chi connectivity index (χ0n) is 21.3. The molecule has 2 aromatic carbocycles. The van der Waals surface area contributed by atoms with Crippen molar-refractivity contribution in [1.29, 1.82) is 0 Å². The summed E-state index contributed by atoms with van der Waals surface area (Å²) in [7, 11) is 0. The average Bonchev–Trinajstić information content (AvgIpc) is 3.72. The summed E-state index contributed by atoms with van der Waals surface area (Å²) in [6.45, 7) is 2.30. The Balaban J connectivity index is 1.27. The number of ether oxygens (including phenoxy) is 4. The van der Waals surface area contributed by atoms with Crippen molar-refractivity contribution in [2.24, 2.45) is 0 Å². The highest BCUT2D eigenvalue weighted by molar-refractivity contribution is 7.09. The third-order valence-corrected chi connectivity index (χ3v) is 7.41. The summed E-state index contributed by atoms with van der Waals surface area (Å²) < 4.78 is 22.4. The molecule has 2 aliphatic heterocycles. The Morgan fingerprint density at radius 2 is 1.79 bits per heavy atom. The number of carbonyl (C=O) groups excluding carboxylic acids is 2. The number of nitrogens with zero attached hydrogens (tertiary/aromatic N) is 2. The zero-order chi connectivity index (χ0) is 26.2. The van der Waals surface area contributed by atoms with Gasteiger partial charge in [0.25, 0.3) is 0 Å². The number of hydrogen-bond donors (Lipinski definition) is 0. The third-order valence-electron chi connectivity index (χ3n) is 6.55. The molecule has 1 unspecified atom stereocenters. The van der Waals surface area contributed by atoms with E-state index >= 15 is 0 Å². The molecule has 0 bridgehead atoms. The normalized spacial score (nSPS) is 15.9. The van der Waals surface area contributed by atoms with Gasteiger partial charge in [0.15, 0.2) is 11.5 Å². The van der Waals surface area contributed by atoms with E-state index < -0.39 is 0 Å². The quantitative estimate of drug-likeness (QED) is 0.345. The SMILES string of the molecule is O=C(CN(CC1CCCO1)C(=O)COCc1ccccc1)N(Cc1ccc2c(c1)OCO2)Cc1cccs1. The van der Waals surface area contributed by atoms with Gasteiger partial charge in [0.05, 0.1) is 25.8 Å². The minimum absolute atomic E-state index is 0.0384. The van der Waals surface area contributed by atoms with E-state index in [2.05, 4.69) is 0 Å². The summed E-state index contributed by atoms with van der Waals surface area (Å²) in [4.78, 5) is 31.4. The number of amides is 2. The maximum atomic E-state index is 13.7. The van der Waals surface area contributed by atoms with Crippen molar-refractivity contribution in [3.63, 3.8) is 0 Å². The molecule has 5 rings (SSSR count). The van der Waals surface area contributed by atoms with Crippen LogP contribution in [0.2, 0.25) is 0 Å². The molecule has 2 aliphatic rings. The fraction of sp³-hybridized carbons (Fsp3) is 0.379. The maximum absolute atomic E-state index is 13.7. The lowest BCUT2D eigenvalue weighted by molar-refractivity contribution is -0.145. The first-order valence-electron chi connectivity index (χ1n) is 12.8. The summed E-state index contributed by atoms with van der Waals surface area (Å²) in [6, 6.07) is 19.4. The van der Waals surface area contributed by atoms with Crippen molar-refractivity contribution in [3.8, 4) is 11.5 Å². The third kappa shape index (κ3) is 7.12. The molecule has 0 N–H and O–H groups in total. The summed E-state index contributed by atoms with van der Waals surface area (Å²) >= 11 is 1.60. The highest BCUT2D eigenvalue weighted by atomic mass is 32.1. The molecular weight excluding hydrogens is 504 g/mol. The van der Waals surface area contributed by atoms with E-state index in [4.69, 9.17) is 18.9 Å². The van der Waals surface area contributed by atoms with Gasteiger partial charge in [-0.3, -0.25) is 9.59 Å². The molecule has 1 saturated heterocycles. The lowest BCUT2D eigenvalue weighted by Crippen LogP contribution is -2.46. The smallest absolute Gasteiger partial charge is 0.249 e. The molecule has 200 valence electrons. The first-order valence-corrected chi connectivity index (χ1v) is 13.7. The van der Waals surface area contributed by atoms with Crippen molar-refractivity contribution in [1.82, 2.24) is 9.80 Å². The van der Waals surface area contributed by atoms with Gasteiger partial charge in [0.2, 0.25) is 18.6 Å². The minimum atomic E-state index is -0.219. The van der Waals surface area contributed by atoms with Gasteiger partial charge in [-0.05, 0) is 47.5 Å². The van der Waals surface area contributed by atoms with Crippen LogP contribution >= 0.6 is 11.3 Å². The Labute approximate surface area is 226 Å². The van der Waals surface area contributed by atoms with E-state index in [1.54, 1.807) is 21.1 Å². The molecule has 8 nitrogen and oxygen atoms in total. The fourth-order valence-electron chi connectivity index (χ4n) is 4.56. The molecule has 2 amide bonds. The van der Waals surface area contributed by atoms with E-state index in [1.165, 1.54) is 0 Å². The molecule has 0 aliphatic carbocycles. The summed E-state index contributed by atoms with van der Waals surface area (Å²) in [6.07, 6.45) is 1.76. The Morgan fingerprint density at radius 1 is 0.921 bits per heavy atom. The van der Waals surface area contributed by atoms with Crippen LogP contribution in [-0.4, -0.2) is 60.8 Å². The number of benzene rings is 2. The predicted molar refractivity (Wildman–Crippen MR) is 143 cm³/mol. The van der Waals surface area contributed by atoms with E-state index in [0.29, 0.717) is 44.3 Å². The van der Waals surface area contributed by atoms with Crippen LogP contribution in [0.25, 0.3) is 0 Å². The first-order chi connectivity index (χ1) is 18.6. The molecule has 1 atom stereocenters. The number of carbonyl (C=O) groups is 2. The van der Waals surface area contributed by atoms with Crippen LogP contribution in [0.15, 0.2) is 66.0 Å². The largest absolute Gasteiger partial charge is 0.454 e. The van der Waals surface area contributed by atoms with Crippen LogP contribution in [0, 0.1) is 0 Å². The molecule has 0 saturated carbocycles. The van der Waals surface area contributed by atoms with E-state index in [9.17, 15) is 9.59 Å². The highest BCUT2D eigenvalue weighted by Crippen LogP contribution is 2.33. The van der Waals surface area contributed by atoms with Crippen molar-refractivity contribution in [3.05, 3.63) is 82.0 Å². The Hall–Kier alpha value is -3.40. The lowest BCUT2D eigenvalue weighted by Gasteiger charge is -2.29. The van der Waals surface area contributed by atoms with Gasteiger partial charge in [-0.1, -0.05) is 42.5 Å². The standard InChI is InChI=1S/C29H32N2O6S/c32-28(30(17-25-9-5-13-38-25)15-23-10-11-26-27(14-23)37-21-36-26)18-31(16-24-8-4-12-35-24)29(33)20-34-19-22-6-2-1-3-7-22/h1-3,5-7,9-11,13-14,24H,4,8,12,15-21H2. The molecule has 1 aromatic heterocycles. The predicted octanol–water partition coefficient (Wildman–Crippen LogP) is 4.23. The van der Waals surface area contributed by atoms with Gasteiger partial charge in [0, 0.05) is 24.6 Å². The zero-order valence-corrected chi connectivity index (χ0v) is 22.1. The molecule has 3 heterocycles. The number of thiophene rings is 1. The molecular formula is C29H32N2O6S. The summed E-state index contributed by atoms with van der Waals surface area (Å²) in [5.41, 5.74) is 1.93. The molecule has 1 fully saturated rings. The van der Waals surface area contributed by atoms with Crippen LogP contribution in [-0.2, 0) is 38.8 Å². The number of rotatable bonds is 12. The van der Waals surface area contributed by atoms with Crippen molar-refractivity contribution in [2.75, 3.05) is 33.1 Å². The first kappa shape index (κ1) is 26.2. The Morgan fingerprint density at radius 3 is 2.58 bits per heavy atom. The Kier molecular flexibility index (Phi) is 8.90. The van der Waals surface area contributed by atoms with Crippen LogP contribution in [0.4, 0.5) is 0 Å². The second-order valence-electron chi connectivity index (χ2n) is 9.40.